The Kier molecular flexibility index (Phi) is 5.52. The van der Waals surface area contributed by atoms with E-state index < -0.39 is 40.6 Å². The largest absolute Gasteiger partial charge is 0.394 e. The Balaban J connectivity index is 1.35. The van der Waals surface area contributed by atoms with Crippen LogP contribution in [0.15, 0.2) is 24.5 Å². The second-order valence-corrected chi connectivity index (χ2v) is 10.7. The summed E-state index contributed by atoms with van der Waals surface area (Å²) >= 11 is 0. The third-order valence-electron chi connectivity index (χ3n) is 5.87. The van der Waals surface area contributed by atoms with Crippen LogP contribution in [0.4, 0.5) is 23.5 Å². The lowest BCUT2D eigenvalue weighted by atomic mass is 10.0. The molecule has 1 aliphatic heterocycles. The predicted octanol–water partition coefficient (Wildman–Crippen LogP) is 1.50. The highest BCUT2D eigenvalue weighted by Gasteiger charge is 2.43. The van der Waals surface area contributed by atoms with E-state index in [0.29, 0.717) is 19.3 Å². The van der Waals surface area contributed by atoms with Crippen LogP contribution in [0, 0.1) is 5.82 Å². The van der Waals surface area contributed by atoms with Gasteiger partial charge in [0.2, 0.25) is 16.0 Å². The molecule has 2 aliphatic rings. The molecule has 1 aliphatic carbocycles. The van der Waals surface area contributed by atoms with Gasteiger partial charge in [-0.25, -0.2) is 27.0 Å². The maximum absolute atomic E-state index is 14.4. The third-order valence-corrected chi connectivity index (χ3v) is 8.24. The molecule has 184 valence electrons. The van der Waals surface area contributed by atoms with Crippen LogP contribution < -0.4 is 5.32 Å². The number of rotatable bonds is 6. The van der Waals surface area contributed by atoms with Crippen LogP contribution in [-0.2, 0) is 16.4 Å². The Hall–Kier alpha value is -2.78. The molecule has 34 heavy (non-hydrogen) atoms. The number of halogens is 4. The summed E-state index contributed by atoms with van der Waals surface area (Å²) in [6, 6.07) is 1.72. The molecule has 4 heterocycles. The number of piperidine rings is 1. The van der Waals surface area contributed by atoms with Crippen molar-refractivity contribution in [2.24, 2.45) is 0 Å². The molecule has 1 saturated heterocycles. The lowest BCUT2D eigenvalue weighted by Gasteiger charge is -2.35. The molecule has 5 rings (SSSR count). The van der Waals surface area contributed by atoms with Crippen molar-refractivity contribution in [3.8, 4) is 5.82 Å². The van der Waals surface area contributed by atoms with Crippen LogP contribution in [0.2, 0.25) is 0 Å². The summed E-state index contributed by atoms with van der Waals surface area (Å²) in [6.45, 7) is 0.173. The maximum Gasteiger partial charge on any atom is 0.394 e. The number of aliphatic hydroxyl groups is 1. The zero-order chi connectivity index (χ0) is 24.3. The Morgan fingerprint density at radius 3 is 2.65 bits per heavy atom. The van der Waals surface area contributed by atoms with Gasteiger partial charge >= 0.3 is 6.18 Å². The first-order valence-electron chi connectivity index (χ1n) is 10.6. The molecule has 2 N–H and O–H groups in total. The average Bonchev–Trinajstić information content (AvgIpc) is 3.46. The standard InChI is InChI=1S/C19H21F4N7O3S/c20-13-7-17(29-6-3-11(26-29)8-19(21,22)23)30-15(13)9-24-18(27-30)25-14-4-5-28(10-16(14)31)34(32,33)12-1-2-12/h3,6-7,9,12,14,16,31H,1-2,4-5,8,10H2,(H,25,27)/t14-,16-/m1/s1. The van der Waals surface area contributed by atoms with E-state index in [1.807, 2.05) is 0 Å². The van der Waals surface area contributed by atoms with E-state index in [1.165, 1.54) is 22.8 Å². The minimum absolute atomic E-state index is 0.0145. The van der Waals surface area contributed by atoms with Crippen molar-refractivity contribution >= 4 is 21.5 Å². The minimum atomic E-state index is -4.43. The molecule has 10 nitrogen and oxygen atoms in total. The quantitative estimate of drug-likeness (QED) is 0.490. The number of fused-ring (bicyclic) bond motifs is 1. The Bertz CT molecular complexity index is 1320. The van der Waals surface area contributed by atoms with Crippen LogP contribution in [-0.4, -0.2) is 78.9 Å². The third kappa shape index (κ3) is 4.46. The van der Waals surface area contributed by atoms with E-state index in [2.05, 4.69) is 20.5 Å². The molecular formula is C19H21F4N7O3S. The molecule has 2 atom stereocenters. The van der Waals surface area contributed by atoms with Gasteiger partial charge < -0.3 is 10.4 Å². The number of alkyl halides is 3. The lowest BCUT2D eigenvalue weighted by molar-refractivity contribution is -0.127. The number of hydrogen-bond donors (Lipinski definition) is 2. The summed E-state index contributed by atoms with van der Waals surface area (Å²) in [4.78, 5) is 4.06. The van der Waals surface area contributed by atoms with Gasteiger partial charge in [-0.05, 0) is 25.3 Å². The lowest BCUT2D eigenvalue weighted by Crippen LogP contribution is -2.52. The smallest absolute Gasteiger partial charge is 0.390 e. The van der Waals surface area contributed by atoms with Gasteiger partial charge in [-0.2, -0.15) is 22.6 Å². The zero-order valence-electron chi connectivity index (χ0n) is 17.7. The highest BCUT2D eigenvalue weighted by atomic mass is 32.2. The Labute approximate surface area is 191 Å². The summed E-state index contributed by atoms with van der Waals surface area (Å²) < 4.78 is 80.7. The highest BCUT2D eigenvalue weighted by molar-refractivity contribution is 7.90. The van der Waals surface area contributed by atoms with E-state index in [4.69, 9.17) is 0 Å². The molecule has 3 aromatic heterocycles. The number of aromatic nitrogens is 5. The molecule has 0 radical (unpaired) electrons. The first-order valence-corrected chi connectivity index (χ1v) is 12.1. The topological polar surface area (TPSA) is 118 Å². The molecule has 2 fully saturated rings. The number of aliphatic hydroxyl groups excluding tert-OH is 1. The second kappa shape index (κ2) is 8.16. The molecule has 1 saturated carbocycles. The molecule has 0 unspecified atom stereocenters. The van der Waals surface area contributed by atoms with Gasteiger partial charge in [0.05, 0.1) is 35.7 Å². The van der Waals surface area contributed by atoms with Gasteiger partial charge in [0, 0.05) is 25.4 Å². The molecule has 0 amide bonds. The number of sulfonamides is 1. The van der Waals surface area contributed by atoms with Gasteiger partial charge in [0.25, 0.3) is 0 Å². The summed E-state index contributed by atoms with van der Waals surface area (Å²) in [6.07, 6.45) is -2.62. The second-order valence-electron chi connectivity index (χ2n) is 8.48. The van der Waals surface area contributed by atoms with E-state index in [0.717, 1.165) is 15.3 Å². The van der Waals surface area contributed by atoms with E-state index >= 15 is 0 Å². The fourth-order valence-corrected chi connectivity index (χ4v) is 5.87. The number of hydrogen-bond acceptors (Lipinski definition) is 7. The number of β-amino-alcohol motifs (C(OH)–C–C–N with tert-alkyl or cyclic N) is 1. The van der Waals surface area contributed by atoms with Crippen LogP contribution in [0.25, 0.3) is 11.3 Å². The van der Waals surface area contributed by atoms with Crippen LogP contribution >= 0.6 is 0 Å². The van der Waals surface area contributed by atoms with Gasteiger partial charge in [-0.15, -0.1) is 5.10 Å². The minimum Gasteiger partial charge on any atom is -0.390 e. The monoisotopic (exact) mass is 503 g/mol. The van der Waals surface area contributed by atoms with Crippen molar-refractivity contribution in [3.05, 3.63) is 36.0 Å². The SMILES string of the molecule is O=S(=O)(C1CC1)N1CC[C@@H](Nc2ncc3c(F)cc(-n4ccc(CC(F)(F)F)n4)n3n2)[C@H](O)C1. The van der Waals surface area contributed by atoms with E-state index in [-0.39, 0.29) is 41.3 Å². The molecule has 0 aromatic carbocycles. The van der Waals surface area contributed by atoms with Crippen LogP contribution in [0.3, 0.4) is 0 Å². The molecule has 15 heteroatoms. The van der Waals surface area contributed by atoms with E-state index in [9.17, 15) is 31.1 Å². The van der Waals surface area contributed by atoms with Crippen LogP contribution in [0.5, 0.6) is 0 Å². The molecule has 0 bridgehead atoms. The molecular weight excluding hydrogens is 482 g/mol. The number of anilines is 1. The molecule has 3 aromatic rings. The maximum atomic E-state index is 14.4. The van der Waals surface area contributed by atoms with Crippen molar-refractivity contribution in [3.63, 3.8) is 0 Å². The van der Waals surface area contributed by atoms with E-state index in [1.54, 1.807) is 0 Å². The first-order chi connectivity index (χ1) is 16.0. The van der Waals surface area contributed by atoms with Crippen molar-refractivity contribution in [1.82, 2.24) is 28.7 Å². The van der Waals surface area contributed by atoms with Crippen molar-refractivity contribution < 1.29 is 31.1 Å². The number of nitrogens with zero attached hydrogens (tertiary/aromatic N) is 6. The van der Waals surface area contributed by atoms with Crippen LogP contribution in [0.1, 0.15) is 25.0 Å². The van der Waals surface area contributed by atoms with Crippen molar-refractivity contribution in [2.75, 3.05) is 18.4 Å². The fraction of sp³-hybridized carbons (Fsp3) is 0.526. The summed E-state index contributed by atoms with van der Waals surface area (Å²) in [5.41, 5.74) is -0.245. The Morgan fingerprint density at radius 1 is 1.21 bits per heavy atom. The van der Waals surface area contributed by atoms with Crippen molar-refractivity contribution in [2.45, 2.75) is 49.3 Å². The summed E-state index contributed by atoms with van der Waals surface area (Å²) in [7, 11) is -3.40. The van der Waals surface area contributed by atoms with Gasteiger partial charge in [0.15, 0.2) is 11.6 Å². The van der Waals surface area contributed by atoms with Gasteiger partial charge in [0.1, 0.15) is 5.52 Å². The number of nitrogens with one attached hydrogen (secondary N) is 1. The normalized spacial score (nSPS) is 22.4. The van der Waals surface area contributed by atoms with Crippen molar-refractivity contribution in [1.29, 1.82) is 0 Å². The summed E-state index contributed by atoms with van der Waals surface area (Å²) in [5.74, 6) is -0.583. The predicted molar refractivity (Wildman–Crippen MR) is 111 cm³/mol. The highest BCUT2D eigenvalue weighted by Crippen LogP contribution is 2.32. The zero-order valence-corrected chi connectivity index (χ0v) is 18.5. The fourth-order valence-electron chi connectivity index (χ4n) is 4.00. The average molecular weight is 503 g/mol. The van der Waals surface area contributed by atoms with Gasteiger partial charge in [-0.1, -0.05) is 0 Å². The summed E-state index contributed by atoms with van der Waals surface area (Å²) in [5, 5.41) is 21.2. The first kappa shape index (κ1) is 23.0. The van der Waals surface area contributed by atoms with Gasteiger partial charge in [-0.3, -0.25) is 0 Å². The molecule has 0 spiro atoms. The Morgan fingerprint density at radius 2 is 1.97 bits per heavy atom.